The van der Waals surface area contributed by atoms with Gasteiger partial charge in [-0.15, -0.1) is 0 Å². The second-order valence-electron chi connectivity index (χ2n) is 5.46. The molecule has 0 aliphatic heterocycles. The van der Waals surface area contributed by atoms with Crippen LogP contribution in [0.1, 0.15) is 37.8 Å². The summed E-state index contributed by atoms with van der Waals surface area (Å²) in [6.45, 7) is 0. The molecule has 0 spiro atoms. The third kappa shape index (κ3) is 2.98. The van der Waals surface area contributed by atoms with E-state index in [4.69, 9.17) is 0 Å². The van der Waals surface area contributed by atoms with Crippen molar-refractivity contribution < 1.29 is 4.79 Å². The molecule has 1 aromatic heterocycles. The molecule has 0 unspecified atom stereocenters. The van der Waals surface area contributed by atoms with Crippen LogP contribution in [-0.2, 0) is 11.2 Å². The Balaban J connectivity index is 1.62. The molecular weight excluding hydrogens is 236 g/mol. The smallest absolute Gasteiger partial charge is 0.226 e. The molecule has 1 aliphatic carbocycles. The molecular formula is C16H20N2O. The maximum absolute atomic E-state index is 12.0. The van der Waals surface area contributed by atoms with Crippen LogP contribution in [0.25, 0.3) is 10.9 Å². The SMILES string of the molecule is O=C(Cc1cc2ccccc2[nH]1)NC1CCCCC1. The van der Waals surface area contributed by atoms with Crippen molar-refractivity contribution in [1.82, 2.24) is 10.3 Å². The fourth-order valence-corrected chi connectivity index (χ4v) is 2.93. The predicted octanol–water partition coefficient (Wildman–Crippen LogP) is 3.16. The highest BCUT2D eigenvalue weighted by atomic mass is 16.1. The maximum atomic E-state index is 12.0. The summed E-state index contributed by atoms with van der Waals surface area (Å²) in [4.78, 5) is 15.3. The predicted molar refractivity (Wildman–Crippen MR) is 77.0 cm³/mol. The van der Waals surface area contributed by atoms with Crippen molar-refractivity contribution in [3.8, 4) is 0 Å². The largest absolute Gasteiger partial charge is 0.358 e. The van der Waals surface area contributed by atoms with E-state index in [0.29, 0.717) is 12.5 Å². The third-order valence-corrected chi connectivity index (χ3v) is 3.91. The molecule has 2 N–H and O–H groups in total. The minimum atomic E-state index is 0.137. The number of amides is 1. The molecule has 19 heavy (non-hydrogen) atoms. The number of nitrogens with one attached hydrogen (secondary N) is 2. The van der Waals surface area contributed by atoms with Crippen molar-refractivity contribution in [3.63, 3.8) is 0 Å². The third-order valence-electron chi connectivity index (χ3n) is 3.91. The number of hydrogen-bond acceptors (Lipinski definition) is 1. The van der Waals surface area contributed by atoms with Crippen LogP contribution >= 0.6 is 0 Å². The highest BCUT2D eigenvalue weighted by Gasteiger charge is 2.16. The normalized spacial score (nSPS) is 16.6. The van der Waals surface area contributed by atoms with Crippen LogP contribution in [0.15, 0.2) is 30.3 Å². The quantitative estimate of drug-likeness (QED) is 0.870. The molecule has 0 radical (unpaired) electrons. The Labute approximate surface area is 113 Å². The number of H-pyrrole nitrogens is 1. The van der Waals surface area contributed by atoms with Gasteiger partial charge in [0.05, 0.1) is 6.42 Å². The van der Waals surface area contributed by atoms with Crippen LogP contribution in [0.2, 0.25) is 0 Å². The molecule has 100 valence electrons. The molecule has 1 fully saturated rings. The van der Waals surface area contributed by atoms with Gasteiger partial charge in [0.1, 0.15) is 0 Å². The van der Waals surface area contributed by atoms with Crippen molar-refractivity contribution in [1.29, 1.82) is 0 Å². The zero-order valence-electron chi connectivity index (χ0n) is 11.1. The van der Waals surface area contributed by atoms with E-state index in [1.165, 1.54) is 24.6 Å². The summed E-state index contributed by atoms with van der Waals surface area (Å²) in [7, 11) is 0. The molecule has 3 nitrogen and oxygen atoms in total. The minimum Gasteiger partial charge on any atom is -0.358 e. The van der Waals surface area contributed by atoms with Crippen molar-refractivity contribution in [2.24, 2.45) is 0 Å². The van der Waals surface area contributed by atoms with Gasteiger partial charge >= 0.3 is 0 Å². The topological polar surface area (TPSA) is 44.9 Å². The van der Waals surface area contributed by atoms with E-state index in [2.05, 4.69) is 22.4 Å². The van der Waals surface area contributed by atoms with Gasteiger partial charge in [-0.05, 0) is 30.4 Å². The van der Waals surface area contributed by atoms with Crippen LogP contribution in [0, 0.1) is 0 Å². The average Bonchev–Trinajstić information content (AvgIpc) is 2.81. The van der Waals surface area contributed by atoms with E-state index in [0.717, 1.165) is 24.1 Å². The zero-order chi connectivity index (χ0) is 13.1. The van der Waals surface area contributed by atoms with Crippen molar-refractivity contribution in [3.05, 3.63) is 36.0 Å². The van der Waals surface area contributed by atoms with E-state index in [-0.39, 0.29) is 5.91 Å². The van der Waals surface area contributed by atoms with Crippen LogP contribution in [0.4, 0.5) is 0 Å². The van der Waals surface area contributed by atoms with Gasteiger partial charge in [0.2, 0.25) is 5.91 Å². The lowest BCUT2D eigenvalue weighted by atomic mass is 9.95. The Hall–Kier alpha value is -1.77. The summed E-state index contributed by atoms with van der Waals surface area (Å²) >= 11 is 0. The Morgan fingerprint density at radius 2 is 2.00 bits per heavy atom. The summed E-state index contributed by atoms with van der Waals surface area (Å²) in [5.74, 6) is 0.137. The first kappa shape index (κ1) is 12.3. The molecule has 3 heteroatoms. The Morgan fingerprint density at radius 3 is 2.79 bits per heavy atom. The lowest BCUT2D eigenvalue weighted by Crippen LogP contribution is -2.37. The van der Waals surface area contributed by atoms with Gasteiger partial charge in [0.25, 0.3) is 0 Å². The molecule has 1 heterocycles. The highest BCUT2D eigenvalue weighted by molar-refractivity contribution is 5.84. The van der Waals surface area contributed by atoms with Gasteiger partial charge < -0.3 is 10.3 Å². The summed E-state index contributed by atoms with van der Waals surface area (Å²) in [6.07, 6.45) is 6.53. The number of carbonyl (C=O) groups is 1. The van der Waals surface area contributed by atoms with Crippen LogP contribution in [0.3, 0.4) is 0 Å². The molecule has 1 amide bonds. The van der Waals surface area contributed by atoms with Crippen LogP contribution < -0.4 is 5.32 Å². The first-order valence-corrected chi connectivity index (χ1v) is 7.17. The van der Waals surface area contributed by atoms with Crippen molar-refractivity contribution >= 4 is 16.8 Å². The van der Waals surface area contributed by atoms with Gasteiger partial charge in [-0.1, -0.05) is 37.5 Å². The van der Waals surface area contributed by atoms with E-state index in [1.807, 2.05) is 18.2 Å². The van der Waals surface area contributed by atoms with Gasteiger partial charge in [0, 0.05) is 17.3 Å². The van der Waals surface area contributed by atoms with Crippen molar-refractivity contribution in [2.45, 2.75) is 44.6 Å². The molecule has 0 bridgehead atoms. The monoisotopic (exact) mass is 256 g/mol. The number of fused-ring (bicyclic) bond motifs is 1. The standard InChI is InChI=1S/C16H20N2O/c19-16(18-13-7-2-1-3-8-13)11-14-10-12-6-4-5-9-15(12)17-14/h4-6,9-10,13,17H,1-3,7-8,11H2,(H,18,19). The molecule has 1 aliphatic rings. The number of carbonyl (C=O) groups excluding carboxylic acids is 1. The molecule has 0 atom stereocenters. The van der Waals surface area contributed by atoms with E-state index >= 15 is 0 Å². The highest BCUT2D eigenvalue weighted by Crippen LogP contribution is 2.18. The van der Waals surface area contributed by atoms with Crippen LogP contribution in [-0.4, -0.2) is 16.9 Å². The second kappa shape index (κ2) is 5.47. The Kier molecular flexibility index (Phi) is 3.53. The van der Waals surface area contributed by atoms with Crippen molar-refractivity contribution in [2.75, 3.05) is 0 Å². The Bertz CT molecular complexity index is 534. The molecule has 1 saturated carbocycles. The lowest BCUT2D eigenvalue weighted by molar-refractivity contribution is -0.121. The first-order chi connectivity index (χ1) is 9.31. The summed E-state index contributed by atoms with van der Waals surface area (Å²) in [5, 5.41) is 4.32. The van der Waals surface area contributed by atoms with E-state index in [1.54, 1.807) is 0 Å². The maximum Gasteiger partial charge on any atom is 0.226 e. The fourth-order valence-electron chi connectivity index (χ4n) is 2.93. The number of hydrogen-bond donors (Lipinski definition) is 2. The molecule has 3 rings (SSSR count). The number of rotatable bonds is 3. The summed E-state index contributed by atoms with van der Waals surface area (Å²) < 4.78 is 0. The molecule has 0 saturated heterocycles. The summed E-state index contributed by atoms with van der Waals surface area (Å²) in [6, 6.07) is 10.6. The summed E-state index contributed by atoms with van der Waals surface area (Å²) in [5.41, 5.74) is 2.09. The number of aromatic amines is 1. The Morgan fingerprint density at radius 1 is 1.21 bits per heavy atom. The molecule has 2 aromatic rings. The van der Waals surface area contributed by atoms with Crippen LogP contribution in [0.5, 0.6) is 0 Å². The fraction of sp³-hybridized carbons (Fsp3) is 0.438. The van der Waals surface area contributed by atoms with Gasteiger partial charge in [0.15, 0.2) is 0 Å². The lowest BCUT2D eigenvalue weighted by Gasteiger charge is -2.22. The second-order valence-corrected chi connectivity index (χ2v) is 5.46. The first-order valence-electron chi connectivity index (χ1n) is 7.17. The van der Waals surface area contributed by atoms with E-state index in [9.17, 15) is 4.79 Å². The number of benzene rings is 1. The minimum absolute atomic E-state index is 0.137. The number of aromatic nitrogens is 1. The van der Waals surface area contributed by atoms with E-state index < -0.39 is 0 Å². The zero-order valence-corrected chi connectivity index (χ0v) is 11.1. The number of para-hydroxylation sites is 1. The average molecular weight is 256 g/mol. The van der Waals surface area contributed by atoms with Gasteiger partial charge in [-0.3, -0.25) is 4.79 Å². The van der Waals surface area contributed by atoms with Gasteiger partial charge in [-0.2, -0.15) is 0 Å². The molecule has 1 aromatic carbocycles. The van der Waals surface area contributed by atoms with Gasteiger partial charge in [-0.25, -0.2) is 0 Å².